The van der Waals surface area contributed by atoms with Gasteiger partial charge < -0.3 is 10.0 Å². The van der Waals surface area contributed by atoms with Gasteiger partial charge in [0.15, 0.2) is 5.82 Å². The zero-order valence-corrected chi connectivity index (χ0v) is 16.1. The molecular formula is C19H18BrN5O2. The third kappa shape index (κ3) is 3.85. The first-order chi connectivity index (χ1) is 13.1. The summed E-state index contributed by atoms with van der Waals surface area (Å²) in [5.74, 6) is 0.675. The summed E-state index contributed by atoms with van der Waals surface area (Å²) in [6.45, 7) is 1.09. The summed E-state index contributed by atoms with van der Waals surface area (Å²) in [5, 5.41) is 13.6. The van der Waals surface area contributed by atoms with Crippen LogP contribution in [0, 0.1) is 0 Å². The Morgan fingerprint density at radius 2 is 1.78 bits per heavy atom. The quantitative estimate of drug-likeness (QED) is 0.680. The molecule has 0 saturated carbocycles. The van der Waals surface area contributed by atoms with Crippen molar-refractivity contribution in [1.29, 1.82) is 0 Å². The molecular weight excluding hydrogens is 410 g/mol. The number of piperidine rings is 1. The van der Waals surface area contributed by atoms with Crippen molar-refractivity contribution in [2.75, 3.05) is 13.1 Å². The van der Waals surface area contributed by atoms with Gasteiger partial charge in [0.25, 0.3) is 0 Å². The van der Waals surface area contributed by atoms with E-state index < -0.39 is 6.09 Å². The van der Waals surface area contributed by atoms with E-state index in [1.165, 1.54) is 4.90 Å². The summed E-state index contributed by atoms with van der Waals surface area (Å²) >= 11 is 3.35. The van der Waals surface area contributed by atoms with Gasteiger partial charge >= 0.3 is 6.09 Å². The maximum absolute atomic E-state index is 11.0. The number of carboxylic acid groups (broad SMARTS) is 1. The van der Waals surface area contributed by atoms with E-state index in [-0.39, 0.29) is 6.04 Å². The molecule has 1 saturated heterocycles. The van der Waals surface area contributed by atoms with Crippen LogP contribution < -0.4 is 0 Å². The Morgan fingerprint density at radius 3 is 2.48 bits per heavy atom. The highest BCUT2D eigenvalue weighted by Gasteiger charge is 2.24. The van der Waals surface area contributed by atoms with Gasteiger partial charge in [0.1, 0.15) is 0 Å². The Bertz CT molecular complexity index is 949. The van der Waals surface area contributed by atoms with Crippen molar-refractivity contribution in [1.82, 2.24) is 24.6 Å². The molecule has 0 atom stereocenters. The molecule has 1 aliphatic rings. The second kappa shape index (κ2) is 7.48. The first-order valence-corrected chi connectivity index (χ1v) is 9.50. The van der Waals surface area contributed by atoms with Gasteiger partial charge in [-0.3, -0.25) is 4.68 Å². The number of hydrogen-bond donors (Lipinski definition) is 1. The molecule has 27 heavy (non-hydrogen) atoms. The van der Waals surface area contributed by atoms with Gasteiger partial charge in [0.2, 0.25) is 0 Å². The molecule has 0 radical (unpaired) electrons. The van der Waals surface area contributed by atoms with Crippen LogP contribution in [-0.4, -0.2) is 48.9 Å². The van der Waals surface area contributed by atoms with Gasteiger partial charge in [-0.25, -0.2) is 14.8 Å². The predicted molar refractivity (Wildman–Crippen MR) is 104 cm³/mol. The maximum atomic E-state index is 11.0. The number of aromatic nitrogens is 4. The largest absolute Gasteiger partial charge is 0.465 e. The molecule has 1 aromatic carbocycles. The first-order valence-electron chi connectivity index (χ1n) is 8.70. The van der Waals surface area contributed by atoms with E-state index in [9.17, 15) is 4.79 Å². The van der Waals surface area contributed by atoms with E-state index in [2.05, 4.69) is 37.1 Å². The van der Waals surface area contributed by atoms with Crippen LogP contribution in [0.25, 0.3) is 22.5 Å². The minimum atomic E-state index is -0.846. The molecule has 7 nitrogen and oxygen atoms in total. The first kappa shape index (κ1) is 17.7. The minimum absolute atomic E-state index is 0.229. The van der Waals surface area contributed by atoms with Crippen LogP contribution >= 0.6 is 15.9 Å². The molecule has 1 N–H and O–H groups in total. The molecule has 0 unspecified atom stereocenters. The molecule has 138 valence electrons. The molecule has 0 spiro atoms. The number of amides is 1. The van der Waals surface area contributed by atoms with Crippen LogP contribution in [0.4, 0.5) is 4.79 Å². The number of halogens is 1. The zero-order valence-electron chi connectivity index (χ0n) is 14.5. The molecule has 8 heteroatoms. The van der Waals surface area contributed by atoms with Gasteiger partial charge in [-0.15, -0.1) is 0 Å². The fourth-order valence-electron chi connectivity index (χ4n) is 3.31. The number of hydrogen-bond acceptors (Lipinski definition) is 4. The molecule has 1 fully saturated rings. The summed E-state index contributed by atoms with van der Waals surface area (Å²) in [6, 6.07) is 8.29. The second-order valence-electron chi connectivity index (χ2n) is 6.52. The van der Waals surface area contributed by atoms with Crippen LogP contribution in [0.2, 0.25) is 0 Å². The van der Waals surface area contributed by atoms with Gasteiger partial charge in [-0.1, -0.05) is 18.2 Å². The summed E-state index contributed by atoms with van der Waals surface area (Å²) in [6.07, 6.45) is 8.06. The monoisotopic (exact) mass is 427 g/mol. The third-order valence-electron chi connectivity index (χ3n) is 4.79. The van der Waals surface area contributed by atoms with Crippen LogP contribution in [0.15, 0.2) is 53.5 Å². The lowest BCUT2D eigenvalue weighted by Crippen LogP contribution is -2.38. The lowest BCUT2D eigenvalue weighted by Gasteiger charge is -2.30. The molecule has 1 aliphatic heterocycles. The Labute approximate surface area is 164 Å². The third-order valence-corrected chi connectivity index (χ3v) is 5.19. The highest BCUT2D eigenvalue weighted by atomic mass is 79.9. The summed E-state index contributed by atoms with van der Waals surface area (Å²) < 4.78 is 2.80. The maximum Gasteiger partial charge on any atom is 0.407 e. The van der Waals surface area contributed by atoms with Gasteiger partial charge in [0, 0.05) is 42.8 Å². The molecule has 1 amide bonds. The van der Waals surface area contributed by atoms with Crippen molar-refractivity contribution in [3.63, 3.8) is 0 Å². The van der Waals surface area contributed by atoms with E-state index in [1.54, 1.807) is 12.4 Å². The van der Waals surface area contributed by atoms with Crippen molar-refractivity contribution >= 4 is 22.0 Å². The number of benzene rings is 1. The van der Waals surface area contributed by atoms with Crippen molar-refractivity contribution in [3.8, 4) is 22.5 Å². The van der Waals surface area contributed by atoms with E-state index in [0.717, 1.165) is 34.0 Å². The Morgan fingerprint density at radius 1 is 1.07 bits per heavy atom. The predicted octanol–water partition coefficient (Wildman–Crippen LogP) is 4.08. The highest BCUT2D eigenvalue weighted by Crippen LogP contribution is 2.27. The van der Waals surface area contributed by atoms with Crippen molar-refractivity contribution in [3.05, 3.63) is 53.5 Å². The SMILES string of the molecule is O=C(O)N1CCC(n2cc(-c3cccc(-c4ncc(Br)cn4)c3)cn2)CC1. The molecule has 3 aromatic rings. The number of nitrogens with zero attached hydrogens (tertiary/aromatic N) is 5. The van der Waals surface area contributed by atoms with E-state index >= 15 is 0 Å². The normalized spacial score (nSPS) is 15.1. The van der Waals surface area contributed by atoms with Crippen LogP contribution in [0.1, 0.15) is 18.9 Å². The Kier molecular flexibility index (Phi) is 4.89. The van der Waals surface area contributed by atoms with Crippen LogP contribution in [-0.2, 0) is 0 Å². The summed E-state index contributed by atoms with van der Waals surface area (Å²) in [5.41, 5.74) is 3.02. The van der Waals surface area contributed by atoms with Gasteiger partial charge in [0.05, 0.1) is 16.7 Å². The lowest BCUT2D eigenvalue weighted by atomic mass is 10.0. The minimum Gasteiger partial charge on any atom is -0.465 e. The lowest BCUT2D eigenvalue weighted by molar-refractivity contribution is 0.124. The van der Waals surface area contributed by atoms with E-state index in [0.29, 0.717) is 18.9 Å². The molecule has 0 bridgehead atoms. The Balaban J connectivity index is 1.53. The zero-order chi connectivity index (χ0) is 18.8. The number of likely N-dealkylation sites (tertiary alicyclic amines) is 1. The summed E-state index contributed by atoms with van der Waals surface area (Å²) in [7, 11) is 0. The smallest absolute Gasteiger partial charge is 0.407 e. The van der Waals surface area contributed by atoms with Crippen molar-refractivity contribution in [2.24, 2.45) is 0 Å². The summed E-state index contributed by atoms with van der Waals surface area (Å²) in [4.78, 5) is 21.2. The van der Waals surface area contributed by atoms with Crippen molar-refractivity contribution < 1.29 is 9.90 Å². The number of carbonyl (C=O) groups is 1. The Hall–Kier alpha value is -2.74. The molecule has 4 rings (SSSR count). The second-order valence-corrected chi connectivity index (χ2v) is 7.43. The van der Waals surface area contributed by atoms with Gasteiger partial charge in [-0.05, 0) is 40.4 Å². The topological polar surface area (TPSA) is 84.1 Å². The molecule has 3 heterocycles. The molecule has 0 aliphatic carbocycles. The van der Waals surface area contributed by atoms with Crippen LogP contribution in [0.5, 0.6) is 0 Å². The molecule has 2 aromatic heterocycles. The highest BCUT2D eigenvalue weighted by molar-refractivity contribution is 9.10. The average Bonchev–Trinajstić information content (AvgIpc) is 3.19. The van der Waals surface area contributed by atoms with Crippen LogP contribution in [0.3, 0.4) is 0 Å². The van der Waals surface area contributed by atoms with E-state index in [4.69, 9.17) is 5.11 Å². The fourth-order valence-corrected chi connectivity index (χ4v) is 3.51. The fraction of sp³-hybridized carbons (Fsp3) is 0.263. The van der Waals surface area contributed by atoms with E-state index in [1.807, 2.05) is 35.3 Å². The number of rotatable bonds is 3. The van der Waals surface area contributed by atoms with Gasteiger partial charge in [-0.2, -0.15) is 5.10 Å². The average molecular weight is 428 g/mol. The standard InChI is InChI=1S/C19H18BrN5O2/c20-16-10-21-18(22-11-16)14-3-1-2-13(8-14)15-9-23-25(12-15)17-4-6-24(7-5-17)19(26)27/h1-3,8-12,17H,4-7H2,(H,26,27). The van der Waals surface area contributed by atoms with Crippen molar-refractivity contribution in [2.45, 2.75) is 18.9 Å².